The Bertz CT molecular complexity index is 824. The van der Waals surface area contributed by atoms with Gasteiger partial charge in [0, 0.05) is 25.6 Å². The maximum absolute atomic E-state index is 12.3. The Morgan fingerprint density at radius 2 is 2.25 bits per heavy atom. The van der Waals surface area contributed by atoms with E-state index in [0.29, 0.717) is 42.5 Å². The molecule has 0 aromatic carbocycles. The number of hydrogen-bond acceptors (Lipinski definition) is 6. The smallest absolute Gasteiger partial charge is 0.254 e. The minimum absolute atomic E-state index is 0.186. The van der Waals surface area contributed by atoms with Crippen LogP contribution in [-0.2, 0) is 12.8 Å². The second-order valence-corrected chi connectivity index (χ2v) is 5.21. The van der Waals surface area contributed by atoms with Gasteiger partial charge in [-0.3, -0.25) is 4.79 Å². The topological polar surface area (TPSA) is 98.7 Å². The predicted octanol–water partition coefficient (Wildman–Crippen LogP) is 1.49. The number of rotatable bonds is 6. The summed E-state index contributed by atoms with van der Waals surface area (Å²) >= 11 is 0. The second-order valence-electron chi connectivity index (χ2n) is 5.21. The van der Waals surface area contributed by atoms with Crippen LogP contribution in [0.25, 0.3) is 5.82 Å². The normalized spacial score (nSPS) is 10.8. The van der Waals surface area contributed by atoms with Crippen molar-refractivity contribution in [1.82, 2.24) is 30.2 Å². The first kappa shape index (κ1) is 15.9. The molecule has 3 rings (SSSR count). The molecule has 0 radical (unpaired) electrons. The summed E-state index contributed by atoms with van der Waals surface area (Å²) in [6, 6.07) is 5.54. The number of carbonyl (C=O) groups is 1. The monoisotopic (exact) mass is 326 g/mol. The van der Waals surface area contributed by atoms with Gasteiger partial charge in [-0.05, 0) is 19.1 Å². The average molecular weight is 326 g/mol. The Labute approximate surface area is 138 Å². The van der Waals surface area contributed by atoms with E-state index in [9.17, 15) is 4.79 Å². The lowest BCUT2D eigenvalue weighted by atomic mass is 10.2. The summed E-state index contributed by atoms with van der Waals surface area (Å²) in [5, 5.41) is 10.9. The van der Waals surface area contributed by atoms with Crippen LogP contribution in [0.1, 0.15) is 34.7 Å². The first-order chi connectivity index (χ1) is 11.7. The Kier molecular flexibility index (Phi) is 4.64. The van der Waals surface area contributed by atoms with Crippen LogP contribution in [-0.4, -0.2) is 37.4 Å². The molecule has 0 spiro atoms. The zero-order valence-corrected chi connectivity index (χ0v) is 13.6. The summed E-state index contributed by atoms with van der Waals surface area (Å²) in [4.78, 5) is 20.8. The van der Waals surface area contributed by atoms with Crippen LogP contribution in [0.2, 0.25) is 0 Å². The first-order valence-electron chi connectivity index (χ1n) is 7.74. The maximum atomic E-state index is 12.3. The fraction of sp³-hybridized carbons (Fsp3) is 0.312. The van der Waals surface area contributed by atoms with E-state index < -0.39 is 0 Å². The molecule has 3 aromatic heterocycles. The minimum Gasteiger partial charge on any atom is -0.351 e. The molecule has 1 N–H and O–H groups in total. The summed E-state index contributed by atoms with van der Waals surface area (Å²) < 4.78 is 6.67. The van der Waals surface area contributed by atoms with Gasteiger partial charge in [0.25, 0.3) is 5.91 Å². The molecule has 124 valence electrons. The van der Waals surface area contributed by atoms with Crippen LogP contribution in [0.4, 0.5) is 0 Å². The fourth-order valence-corrected chi connectivity index (χ4v) is 2.26. The van der Waals surface area contributed by atoms with Crippen molar-refractivity contribution in [2.75, 3.05) is 6.54 Å². The standard InChI is InChI=1S/C16H18N6O2/c1-3-15-20-13(21-24-15)7-9-18-16(23)12-10-19-22(11(12)2)14-6-4-5-8-17-14/h4-6,8,10H,3,7,9H2,1-2H3,(H,18,23). The van der Waals surface area contributed by atoms with Gasteiger partial charge in [-0.1, -0.05) is 18.1 Å². The van der Waals surface area contributed by atoms with Crippen LogP contribution in [0, 0.1) is 6.92 Å². The Hall–Kier alpha value is -3.03. The van der Waals surface area contributed by atoms with Crippen molar-refractivity contribution in [3.63, 3.8) is 0 Å². The lowest BCUT2D eigenvalue weighted by Gasteiger charge is -2.05. The van der Waals surface area contributed by atoms with Gasteiger partial charge in [0.05, 0.1) is 17.5 Å². The van der Waals surface area contributed by atoms with Crippen molar-refractivity contribution in [1.29, 1.82) is 0 Å². The van der Waals surface area contributed by atoms with E-state index in [2.05, 4.69) is 25.5 Å². The molecule has 0 bridgehead atoms. The summed E-state index contributed by atoms with van der Waals surface area (Å²) in [5.41, 5.74) is 1.25. The van der Waals surface area contributed by atoms with Gasteiger partial charge >= 0.3 is 0 Å². The van der Waals surface area contributed by atoms with E-state index in [-0.39, 0.29) is 5.91 Å². The van der Waals surface area contributed by atoms with Gasteiger partial charge in [-0.25, -0.2) is 9.67 Å². The highest BCUT2D eigenvalue weighted by molar-refractivity contribution is 5.95. The van der Waals surface area contributed by atoms with Crippen LogP contribution in [0.3, 0.4) is 0 Å². The molecule has 0 aliphatic heterocycles. The third-order valence-electron chi connectivity index (χ3n) is 3.57. The molecule has 0 aliphatic carbocycles. The van der Waals surface area contributed by atoms with Crippen LogP contribution < -0.4 is 5.32 Å². The summed E-state index contributed by atoms with van der Waals surface area (Å²) in [6.07, 6.45) is 4.45. The lowest BCUT2D eigenvalue weighted by Crippen LogP contribution is -2.26. The van der Waals surface area contributed by atoms with E-state index in [1.165, 1.54) is 0 Å². The maximum Gasteiger partial charge on any atom is 0.254 e. The first-order valence-corrected chi connectivity index (χ1v) is 7.74. The van der Waals surface area contributed by atoms with Gasteiger partial charge < -0.3 is 9.84 Å². The average Bonchev–Trinajstić information content (AvgIpc) is 3.22. The van der Waals surface area contributed by atoms with E-state index in [1.54, 1.807) is 17.1 Å². The minimum atomic E-state index is -0.186. The Morgan fingerprint density at radius 1 is 1.38 bits per heavy atom. The molecule has 8 nitrogen and oxygen atoms in total. The van der Waals surface area contributed by atoms with Crippen molar-refractivity contribution >= 4 is 5.91 Å². The Morgan fingerprint density at radius 3 is 2.96 bits per heavy atom. The second kappa shape index (κ2) is 7.03. The molecule has 1 amide bonds. The zero-order valence-electron chi connectivity index (χ0n) is 13.6. The molecule has 3 heterocycles. The molecule has 3 aromatic rings. The van der Waals surface area contributed by atoms with Crippen molar-refractivity contribution in [3.05, 3.63) is 53.6 Å². The Balaban J connectivity index is 1.62. The van der Waals surface area contributed by atoms with Crippen LogP contribution in [0.15, 0.2) is 35.1 Å². The van der Waals surface area contributed by atoms with Crippen molar-refractivity contribution in [3.8, 4) is 5.82 Å². The third kappa shape index (κ3) is 3.32. The number of nitrogens with zero attached hydrogens (tertiary/aromatic N) is 5. The molecule has 0 fully saturated rings. The van der Waals surface area contributed by atoms with Gasteiger partial charge in [0.15, 0.2) is 11.6 Å². The number of carbonyl (C=O) groups excluding carboxylic acids is 1. The van der Waals surface area contributed by atoms with Crippen molar-refractivity contribution in [2.45, 2.75) is 26.7 Å². The quantitative estimate of drug-likeness (QED) is 0.737. The molecule has 0 unspecified atom stereocenters. The highest BCUT2D eigenvalue weighted by Crippen LogP contribution is 2.12. The number of amides is 1. The fourth-order valence-electron chi connectivity index (χ4n) is 2.26. The third-order valence-corrected chi connectivity index (χ3v) is 3.57. The van der Waals surface area contributed by atoms with Crippen molar-refractivity contribution < 1.29 is 9.32 Å². The number of aromatic nitrogens is 5. The van der Waals surface area contributed by atoms with E-state index in [4.69, 9.17) is 4.52 Å². The largest absolute Gasteiger partial charge is 0.351 e. The van der Waals surface area contributed by atoms with Gasteiger partial charge in [-0.2, -0.15) is 10.1 Å². The highest BCUT2D eigenvalue weighted by atomic mass is 16.5. The van der Waals surface area contributed by atoms with Gasteiger partial charge in [0.2, 0.25) is 5.89 Å². The zero-order chi connectivity index (χ0) is 16.9. The predicted molar refractivity (Wildman–Crippen MR) is 85.8 cm³/mol. The lowest BCUT2D eigenvalue weighted by molar-refractivity contribution is 0.0953. The van der Waals surface area contributed by atoms with Crippen LogP contribution >= 0.6 is 0 Å². The van der Waals surface area contributed by atoms with Crippen LogP contribution in [0.5, 0.6) is 0 Å². The molecule has 0 saturated heterocycles. The number of pyridine rings is 1. The van der Waals surface area contributed by atoms with E-state index >= 15 is 0 Å². The molecular formula is C16H18N6O2. The van der Waals surface area contributed by atoms with Gasteiger partial charge in [0.1, 0.15) is 0 Å². The highest BCUT2D eigenvalue weighted by Gasteiger charge is 2.15. The van der Waals surface area contributed by atoms with Gasteiger partial charge in [-0.15, -0.1) is 0 Å². The number of nitrogens with one attached hydrogen (secondary N) is 1. The number of aryl methyl sites for hydroxylation is 1. The van der Waals surface area contributed by atoms with E-state index in [0.717, 1.165) is 5.69 Å². The molecule has 0 atom stereocenters. The molecule has 24 heavy (non-hydrogen) atoms. The molecule has 8 heteroatoms. The number of hydrogen-bond donors (Lipinski definition) is 1. The summed E-state index contributed by atoms with van der Waals surface area (Å²) in [5.74, 6) is 1.68. The molecule has 0 aliphatic rings. The molecular weight excluding hydrogens is 308 g/mol. The summed E-state index contributed by atoms with van der Waals surface area (Å²) in [6.45, 7) is 4.21. The van der Waals surface area contributed by atoms with E-state index in [1.807, 2.05) is 32.0 Å². The van der Waals surface area contributed by atoms with Crippen molar-refractivity contribution in [2.24, 2.45) is 0 Å². The SMILES string of the molecule is CCc1nc(CCNC(=O)c2cnn(-c3ccccn3)c2C)no1. The summed E-state index contributed by atoms with van der Waals surface area (Å²) in [7, 11) is 0. The molecule has 0 saturated carbocycles.